The molecule has 0 unspecified atom stereocenters. The van der Waals surface area contributed by atoms with Gasteiger partial charge in [-0.05, 0) is 30.6 Å². The molecule has 106 valence electrons. The number of carbonyl (C=O) groups is 1. The van der Waals surface area contributed by atoms with E-state index in [1.165, 1.54) is 11.3 Å². The number of thiazole rings is 1. The summed E-state index contributed by atoms with van der Waals surface area (Å²) in [5.41, 5.74) is 8.75. The Morgan fingerprint density at radius 1 is 1.38 bits per heavy atom. The van der Waals surface area contributed by atoms with Crippen molar-refractivity contribution < 1.29 is 4.79 Å². The summed E-state index contributed by atoms with van der Waals surface area (Å²) in [7, 11) is 0. The molecule has 1 aromatic carbocycles. The molecule has 8 heteroatoms. The lowest BCUT2D eigenvalue weighted by Gasteiger charge is -1.99. The van der Waals surface area contributed by atoms with Gasteiger partial charge in [0.05, 0.1) is 11.4 Å². The van der Waals surface area contributed by atoms with Crippen LogP contribution >= 0.6 is 22.9 Å². The van der Waals surface area contributed by atoms with Crippen molar-refractivity contribution in [1.82, 2.24) is 14.6 Å². The highest BCUT2D eigenvalue weighted by atomic mass is 32.1. The van der Waals surface area contributed by atoms with Gasteiger partial charge in [0.1, 0.15) is 4.88 Å². The lowest BCUT2D eigenvalue weighted by atomic mass is 10.1. The molecule has 0 atom stereocenters. The number of hydrogen-bond donors (Lipinski definition) is 2. The zero-order valence-electron chi connectivity index (χ0n) is 11.0. The van der Waals surface area contributed by atoms with Gasteiger partial charge in [-0.3, -0.25) is 10.1 Å². The van der Waals surface area contributed by atoms with Crippen molar-refractivity contribution in [2.24, 2.45) is 0 Å². The van der Waals surface area contributed by atoms with Gasteiger partial charge in [0.15, 0.2) is 5.13 Å². The maximum absolute atomic E-state index is 12.1. The topological polar surface area (TPSA) is 93.8 Å². The maximum atomic E-state index is 12.1. The van der Waals surface area contributed by atoms with Crippen LogP contribution < -0.4 is 11.1 Å². The molecule has 0 saturated carbocycles. The molecule has 2 heterocycles. The van der Waals surface area contributed by atoms with E-state index in [4.69, 9.17) is 5.73 Å². The monoisotopic (exact) mass is 317 g/mol. The first-order valence-corrected chi connectivity index (χ1v) is 7.70. The zero-order valence-corrected chi connectivity index (χ0v) is 12.7. The van der Waals surface area contributed by atoms with Crippen molar-refractivity contribution in [2.75, 3.05) is 11.1 Å². The number of hydrogen-bond acceptors (Lipinski definition) is 7. The highest BCUT2D eigenvalue weighted by Crippen LogP contribution is 2.26. The van der Waals surface area contributed by atoms with Crippen LogP contribution in [0.25, 0.3) is 11.3 Å². The molecule has 1 amide bonds. The lowest BCUT2D eigenvalue weighted by molar-refractivity contribution is 0.103. The average Bonchev–Trinajstić information content (AvgIpc) is 3.08. The van der Waals surface area contributed by atoms with Crippen LogP contribution in [0.15, 0.2) is 29.6 Å². The number of rotatable bonds is 3. The molecular formula is C13H11N5OS2. The summed E-state index contributed by atoms with van der Waals surface area (Å²) in [6, 6.07) is 7.46. The molecule has 2 aromatic heterocycles. The number of anilines is 2. The summed E-state index contributed by atoms with van der Waals surface area (Å²) in [6.07, 6.45) is 0. The number of nitrogens with one attached hydrogen (secondary N) is 1. The van der Waals surface area contributed by atoms with Crippen LogP contribution in [0.1, 0.15) is 15.4 Å². The van der Waals surface area contributed by atoms with E-state index in [0.717, 1.165) is 22.8 Å². The highest BCUT2D eigenvalue weighted by Gasteiger charge is 2.15. The molecule has 0 aliphatic heterocycles. The zero-order chi connectivity index (χ0) is 14.8. The maximum Gasteiger partial charge on any atom is 0.271 e. The number of nitrogens with zero attached hydrogens (tertiary/aromatic N) is 3. The first-order valence-electron chi connectivity index (χ1n) is 6.05. The van der Waals surface area contributed by atoms with Crippen molar-refractivity contribution >= 4 is 39.6 Å². The van der Waals surface area contributed by atoms with Crippen LogP contribution in [0.3, 0.4) is 0 Å². The summed E-state index contributed by atoms with van der Waals surface area (Å²) in [4.78, 5) is 17.0. The quantitative estimate of drug-likeness (QED) is 0.724. The Kier molecular flexibility index (Phi) is 3.63. The average molecular weight is 317 g/mol. The summed E-state index contributed by atoms with van der Waals surface area (Å²) >= 11 is 2.43. The number of nitrogen functional groups attached to an aromatic ring is 1. The fourth-order valence-corrected chi connectivity index (χ4v) is 3.02. The van der Waals surface area contributed by atoms with Crippen LogP contribution in [0.5, 0.6) is 0 Å². The van der Waals surface area contributed by atoms with Crippen molar-refractivity contribution in [1.29, 1.82) is 0 Å². The van der Waals surface area contributed by atoms with Crippen molar-refractivity contribution in [2.45, 2.75) is 6.92 Å². The highest BCUT2D eigenvalue weighted by molar-refractivity contribution is 7.14. The summed E-state index contributed by atoms with van der Waals surface area (Å²) in [5, 5.41) is 8.99. The second-order valence-corrected chi connectivity index (χ2v) is 5.92. The minimum atomic E-state index is -0.240. The molecule has 6 nitrogen and oxygen atoms in total. The molecule has 0 radical (unpaired) electrons. The smallest absolute Gasteiger partial charge is 0.271 e. The van der Waals surface area contributed by atoms with E-state index in [-0.39, 0.29) is 5.91 Å². The number of aromatic nitrogens is 3. The van der Waals surface area contributed by atoms with Crippen LogP contribution in [0.2, 0.25) is 0 Å². The Bertz CT molecular complexity index is 795. The van der Waals surface area contributed by atoms with E-state index >= 15 is 0 Å². The molecule has 0 saturated heterocycles. The van der Waals surface area contributed by atoms with Crippen LogP contribution in [0, 0.1) is 6.92 Å². The van der Waals surface area contributed by atoms with Crippen molar-refractivity contribution in [3.63, 3.8) is 0 Å². The van der Waals surface area contributed by atoms with Gasteiger partial charge in [-0.2, -0.15) is 0 Å². The Morgan fingerprint density at radius 3 is 2.95 bits per heavy atom. The fourth-order valence-electron chi connectivity index (χ4n) is 1.76. The standard InChI is InChI=1S/C13H11N5OS2/c1-7-11(21-18-17-7)12(19)16-13-15-10(6-20-13)8-3-2-4-9(14)5-8/h2-6H,14H2,1H3,(H,15,16,19). The van der Waals surface area contributed by atoms with Crippen LogP contribution in [-0.2, 0) is 0 Å². The van der Waals surface area contributed by atoms with Crippen LogP contribution in [0.4, 0.5) is 10.8 Å². The summed E-state index contributed by atoms with van der Waals surface area (Å²) in [5.74, 6) is -0.240. The van der Waals surface area contributed by atoms with E-state index in [0.29, 0.717) is 21.4 Å². The predicted molar refractivity (Wildman–Crippen MR) is 84.6 cm³/mol. The van der Waals surface area contributed by atoms with E-state index in [2.05, 4.69) is 19.9 Å². The molecule has 3 aromatic rings. The lowest BCUT2D eigenvalue weighted by Crippen LogP contribution is -2.11. The molecule has 3 rings (SSSR count). The first-order chi connectivity index (χ1) is 10.1. The normalized spacial score (nSPS) is 10.5. The van der Waals surface area contributed by atoms with Gasteiger partial charge < -0.3 is 5.73 Å². The number of carbonyl (C=O) groups excluding carboxylic acids is 1. The van der Waals surface area contributed by atoms with Gasteiger partial charge in [-0.1, -0.05) is 16.6 Å². The molecule has 0 spiro atoms. The molecule has 0 aliphatic carbocycles. The van der Waals surface area contributed by atoms with E-state index < -0.39 is 0 Å². The molecule has 0 fully saturated rings. The number of amides is 1. The molecule has 0 bridgehead atoms. The Hall–Kier alpha value is -2.32. The van der Waals surface area contributed by atoms with Gasteiger partial charge in [0, 0.05) is 16.6 Å². The number of nitrogens with two attached hydrogens (primary N) is 1. The van der Waals surface area contributed by atoms with Gasteiger partial charge in [-0.25, -0.2) is 4.98 Å². The predicted octanol–water partition coefficient (Wildman–Crippen LogP) is 2.80. The third-order valence-electron chi connectivity index (χ3n) is 2.76. The second kappa shape index (κ2) is 5.58. The van der Waals surface area contributed by atoms with Gasteiger partial charge in [-0.15, -0.1) is 16.4 Å². The SMILES string of the molecule is Cc1nnsc1C(=O)Nc1nc(-c2cccc(N)c2)cs1. The number of aryl methyl sites for hydroxylation is 1. The first kappa shape index (κ1) is 13.7. The van der Waals surface area contributed by atoms with Crippen molar-refractivity contribution in [3.8, 4) is 11.3 Å². The van der Waals surface area contributed by atoms with Gasteiger partial charge in [0.25, 0.3) is 5.91 Å². The Balaban J connectivity index is 1.80. The fraction of sp³-hybridized carbons (Fsp3) is 0.0769. The Morgan fingerprint density at radius 2 is 2.24 bits per heavy atom. The van der Waals surface area contributed by atoms with E-state index in [9.17, 15) is 4.79 Å². The third kappa shape index (κ3) is 2.91. The van der Waals surface area contributed by atoms with Gasteiger partial charge in [0.2, 0.25) is 0 Å². The molecule has 3 N–H and O–H groups in total. The molecular weight excluding hydrogens is 306 g/mol. The minimum absolute atomic E-state index is 0.240. The molecule has 0 aliphatic rings. The summed E-state index contributed by atoms with van der Waals surface area (Å²) < 4.78 is 3.75. The summed E-state index contributed by atoms with van der Waals surface area (Å²) in [6.45, 7) is 1.75. The number of benzene rings is 1. The van der Waals surface area contributed by atoms with Crippen LogP contribution in [-0.4, -0.2) is 20.5 Å². The molecule has 21 heavy (non-hydrogen) atoms. The van der Waals surface area contributed by atoms with E-state index in [1.807, 2.05) is 29.6 Å². The largest absolute Gasteiger partial charge is 0.399 e. The van der Waals surface area contributed by atoms with Crippen molar-refractivity contribution in [3.05, 3.63) is 40.2 Å². The minimum Gasteiger partial charge on any atom is -0.399 e. The van der Waals surface area contributed by atoms with E-state index in [1.54, 1.807) is 6.92 Å². The second-order valence-electron chi connectivity index (χ2n) is 4.30. The Labute approximate surface area is 128 Å². The third-order valence-corrected chi connectivity index (χ3v) is 4.35. The van der Waals surface area contributed by atoms with Gasteiger partial charge >= 0.3 is 0 Å².